The third-order valence-corrected chi connectivity index (χ3v) is 4.04. The highest BCUT2D eigenvalue weighted by Crippen LogP contribution is 2.24. The molecule has 0 unspecified atom stereocenters. The van der Waals surface area contributed by atoms with Crippen molar-refractivity contribution in [1.82, 2.24) is 4.90 Å². The fraction of sp³-hybridized carbons (Fsp3) is 0.444. The van der Waals surface area contributed by atoms with Gasteiger partial charge in [0.15, 0.2) is 0 Å². The number of allylic oxidation sites excluding steroid dienone is 1. The maximum Gasteiger partial charge on any atom is 0.416 e. The molecule has 2 atom stereocenters. The molecule has 1 aliphatic heterocycles. The molecule has 1 saturated heterocycles. The van der Waals surface area contributed by atoms with Gasteiger partial charge in [-0.3, -0.25) is 4.79 Å². The van der Waals surface area contributed by atoms with Crippen LogP contribution in [-0.4, -0.2) is 29.5 Å². The van der Waals surface area contributed by atoms with E-state index in [1.165, 1.54) is 4.90 Å². The molecule has 0 N–H and O–H groups in total. The SMILES string of the molecule is C=CC[C@H](Cc1ccccc1)C(=O)N1C(=O)OC[C@@H]1C(C)C. The Hall–Kier alpha value is -2.10. The number of carbonyl (C=O) groups excluding carboxylic acids is 2. The highest BCUT2D eigenvalue weighted by atomic mass is 16.6. The molecule has 1 aromatic rings. The van der Waals surface area contributed by atoms with Crippen molar-refractivity contribution in [3.8, 4) is 0 Å². The van der Waals surface area contributed by atoms with E-state index in [4.69, 9.17) is 4.74 Å². The zero-order valence-corrected chi connectivity index (χ0v) is 13.2. The van der Waals surface area contributed by atoms with Crippen LogP contribution in [0.3, 0.4) is 0 Å². The Morgan fingerprint density at radius 2 is 2.09 bits per heavy atom. The molecule has 0 saturated carbocycles. The second-order valence-corrected chi connectivity index (χ2v) is 6.01. The van der Waals surface area contributed by atoms with Gasteiger partial charge < -0.3 is 4.74 Å². The number of ether oxygens (including phenoxy) is 1. The first-order valence-corrected chi connectivity index (χ1v) is 7.69. The van der Waals surface area contributed by atoms with Gasteiger partial charge >= 0.3 is 6.09 Å². The van der Waals surface area contributed by atoms with Crippen molar-refractivity contribution in [3.63, 3.8) is 0 Å². The molecule has 2 amide bonds. The Morgan fingerprint density at radius 3 is 2.68 bits per heavy atom. The van der Waals surface area contributed by atoms with E-state index in [2.05, 4.69) is 6.58 Å². The van der Waals surface area contributed by atoms with Crippen LogP contribution < -0.4 is 0 Å². The number of nitrogens with zero attached hydrogens (tertiary/aromatic N) is 1. The topological polar surface area (TPSA) is 46.6 Å². The largest absolute Gasteiger partial charge is 0.447 e. The number of carbonyl (C=O) groups is 2. The number of imide groups is 1. The van der Waals surface area contributed by atoms with Gasteiger partial charge in [0.1, 0.15) is 6.61 Å². The van der Waals surface area contributed by atoms with E-state index >= 15 is 0 Å². The van der Waals surface area contributed by atoms with E-state index in [-0.39, 0.29) is 30.4 Å². The third-order valence-electron chi connectivity index (χ3n) is 4.04. The minimum absolute atomic E-state index is 0.162. The maximum atomic E-state index is 12.8. The van der Waals surface area contributed by atoms with Gasteiger partial charge in [0, 0.05) is 5.92 Å². The Balaban J connectivity index is 2.18. The van der Waals surface area contributed by atoms with Gasteiger partial charge in [-0.05, 0) is 24.3 Å². The molecular weight excluding hydrogens is 278 g/mol. The lowest BCUT2D eigenvalue weighted by molar-refractivity contribution is -0.133. The lowest BCUT2D eigenvalue weighted by Crippen LogP contribution is -2.45. The molecule has 0 radical (unpaired) electrons. The predicted octanol–water partition coefficient (Wildman–Crippen LogP) is 3.42. The van der Waals surface area contributed by atoms with Gasteiger partial charge in [-0.15, -0.1) is 6.58 Å². The van der Waals surface area contributed by atoms with Crippen LogP contribution in [-0.2, 0) is 16.0 Å². The summed E-state index contributed by atoms with van der Waals surface area (Å²) in [6.07, 6.45) is 2.35. The van der Waals surface area contributed by atoms with Crippen LogP contribution in [0.25, 0.3) is 0 Å². The van der Waals surface area contributed by atoms with Crippen LogP contribution in [0.2, 0.25) is 0 Å². The zero-order chi connectivity index (χ0) is 16.1. The quantitative estimate of drug-likeness (QED) is 0.756. The van der Waals surface area contributed by atoms with Gasteiger partial charge in [-0.25, -0.2) is 9.69 Å². The summed E-state index contributed by atoms with van der Waals surface area (Å²) in [6.45, 7) is 8.01. The third kappa shape index (κ3) is 3.56. The smallest absolute Gasteiger partial charge is 0.416 e. The summed E-state index contributed by atoms with van der Waals surface area (Å²) in [5.41, 5.74) is 1.08. The average Bonchev–Trinajstić information content (AvgIpc) is 2.89. The highest BCUT2D eigenvalue weighted by molar-refractivity contribution is 5.95. The van der Waals surface area contributed by atoms with E-state index in [0.29, 0.717) is 12.8 Å². The van der Waals surface area contributed by atoms with Crippen LogP contribution in [0.15, 0.2) is 43.0 Å². The Morgan fingerprint density at radius 1 is 1.41 bits per heavy atom. The van der Waals surface area contributed by atoms with E-state index < -0.39 is 6.09 Å². The summed E-state index contributed by atoms with van der Waals surface area (Å²) in [5, 5.41) is 0. The number of cyclic esters (lactones) is 1. The monoisotopic (exact) mass is 301 g/mol. The number of hydrogen-bond acceptors (Lipinski definition) is 3. The maximum absolute atomic E-state index is 12.8. The van der Waals surface area contributed by atoms with Gasteiger partial charge in [0.05, 0.1) is 6.04 Å². The fourth-order valence-corrected chi connectivity index (χ4v) is 2.75. The van der Waals surface area contributed by atoms with Crippen molar-refractivity contribution in [2.45, 2.75) is 32.7 Å². The van der Waals surface area contributed by atoms with Crippen molar-refractivity contribution in [1.29, 1.82) is 0 Å². The molecule has 4 heteroatoms. The van der Waals surface area contributed by atoms with Crippen LogP contribution in [0.4, 0.5) is 4.79 Å². The average molecular weight is 301 g/mol. The zero-order valence-electron chi connectivity index (χ0n) is 13.2. The minimum Gasteiger partial charge on any atom is -0.447 e. The Kier molecular flexibility index (Phi) is 5.36. The lowest BCUT2D eigenvalue weighted by Gasteiger charge is -2.26. The van der Waals surface area contributed by atoms with Crippen LogP contribution in [0.1, 0.15) is 25.8 Å². The van der Waals surface area contributed by atoms with Gasteiger partial charge in [0.25, 0.3) is 0 Å². The van der Waals surface area contributed by atoms with Crippen molar-refractivity contribution < 1.29 is 14.3 Å². The molecule has 1 fully saturated rings. The normalized spacial score (nSPS) is 19.1. The molecule has 1 aromatic carbocycles. The fourth-order valence-electron chi connectivity index (χ4n) is 2.75. The first-order valence-electron chi connectivity index (χ1n) is 7.69. The van der Waals surface area contributed by atoms with Crippen molar-refractivity contribution in [2.75, 3.05) is 6.61 Å². The summed E-state index contributed by atoms with van der Waals surface area (Å²) in [6, 6.07) is 9.65. The van der Waals surface area contributed by atoms with Crippen LogP contribution in [0, 0.1) is 11.8 Å². The van der Waals surface area contributed by atoms with Crippen LogP contribution >= 0.6 is 0 Å². The summed E-state index contributed by atoms with van der Waals surface area (Å²) in [5.74, 6) is -0.270. The molecule has 1 aliphatic rings. The van der Waals surface area contributed by atoms with Gasteiger partial charge in [0.2, 0.25) is 5.91 Å². The molecule has 118 valence electrons. The number of benzene rings is 1. The number of rotatable bonds is 6. The second-order valence-electron chi connectivity index (χ2n) is 6.01. The van der Waals surface area contributed by atoms with Crippen molar-refractivity contribution >= 4 is 12.0 Å². The Labute approximate surface area is 131 Å². The molecule has 0 aromatic heterocycles. The molecule has 2 rings (SSSR count). The second kappa shape index (κ2) is 7.25. The van der Waals surface area contributed by atoms with E-state index in [1.807, 2.05) is 44.2 Å². The van der Waals surface area contributed by atoms with Crippen molar-refractivity contribution in [2.24, 2.45) is 11.8 Å². The van der Waals surface area contributed by atoms with Crippen molar-refractivity contribution in [3.05, 3.63) is 48.6 Å². The van der Waals surface area contributed by atoms with E-state index in [1.54, 1.807) is 6.08 Å². The summed E-state index contributed by atoms with van der Waals surface area (Å²) in [7, 11) is 0. The first-order chi connectivity index (χ1) is 10.5. The molecule has 0 aliphatic carbocycles. The molecular formula is C18H23NO3. The highest BCUT2D eigenvalue weighted by Gasteiger charge is 2.41. The number of amides is 2. The lowest BCUT2D eigenvalue weighted by atomic mass is 9.93. The molecule has 1 heterocycles. The number of hydrogen-bond donors (Lipinski definition) is 0. The standard InChI is InChI=1S/C18H23NO3/c1-4-8-15(11-14-9-6-5-7-10-14)17(20)19-16(13(2)3)12-22-18(19)21/h4-7,9-10,13,15-16H,1,8,11-12H2,2-3H3/t15-,16-/m1/s1. The van der Waals surface area contributed by atoms with Gasteiger partial charge in [-0.1, -0.05) is 50.3 Å². The summed E-state index contributed by atoms with van der Waals surface area (Å²) in [4.78, 5) is 26.1. The summed E-state index contributed by atoms with van der Waals surface area (Å²) >= 11 is 0. The Bertz CT molecular complexity index is 539. The van der Waals surface area contributed by atoms with Gasteiger partial charge in [-0.2, -0.15) is 0 Å². The molecule has 22 heavy (non-hydrogen) atoms. The van der Waals surface area contributed by atoms with Crippen LogP contribution in [0.5, 0.6) is 0 Å². The van der Waals surface area contributed by atoms with E-state index in [9.17, 15) is 9.59 Å². The predicted molar refractivity (Wildman–Crippen MR) is 85.3 cm³/mol. The summed E-state index contributed by atoms with van der Waals surface area (Å²) < 4.78 is 5.08. The van der Waals surface area contributed by atoms with E-state index in [0.717, 1.165) is 5.56 Å². The molecule has 4 nitrogen and oxygen atoms in total. The first kappa shape index (κ1) is 16.3. The molecule has 0 spiro atoms. The minimum atomic E-state index is -0.522. The molecule has 0 bridgehead atoms.